The Labute approximate surface area is 148 Å². The third kappa shape index (κ3) is 3.92. The average Bonchev–Trinajstić information content (AvgIpc) is 2.95. The van der Waals surface area contributed by atoms with E-state index in [0.717, 1.165) is 44.6 Å². The molecule has 4 heteroatoms. The third-order valence-electron chi connectivity index (χ3n) is 5.50. The number of benzene rings is 2. The van der Waals surface area contributed by atoms with E-state index in [0.29, 0.717) is 12.1 Å². The predicted molar refractivity (Wildman–Crippen MR) is 96.7 cm³/mol. The molecule has 3 atom stereocenters. The minimum Gasteiger partial charge on any atom is -0.392 e. The Morgan fingerprint density at radius 1 is 0.960 bits per heavy atom. The van der Waals surface area contributed by atoms with Gasteiger partial charge in [-0.05, 0) is 36.1 Å². The van der Waals surface area contributed by atoms with E-state index in [1.807, 2.05) is 12.1 Å². The average molecular weight is 340 g/mol. The monoisotopic (exact) mass is 340 g/mol. The molecule has 3 nitrogen and oxygen atoms in total. The Hall–Kier alpha value is -1.75. The van der Waals surface area contributed by atoms with Crippen molar-refractivity contribution in [1.82, 2.24) is 9.80 Å². The first kappa shape index (κ1) is 16.7. The molecule has 4 rings (SSSR count). The third-order valence-corrected chi connectivity index (χ3v) is 5.50. The van der Waals surface area contributed by atoms with E-state index >= 15 is 0 Å². The Balaban J connectivity index is 1.53. The smallest absolute Gasteiger partial charge is 0.123 e. The maximum atomic E-state index is 13.6. The topological polar surface area (TPSA) is 26.7 Å². The van der Waals surface area contributed by atoms with Crippen LogP contribution in [0.1, 0.15) is 17.5 Å². The van der Waals surface area contributed by atoms with Gasteiger partial charge in [-0.15, -0.1) is 0 Å². The summed E-state index contributed by atoms with van der Waals surface area (Å²) >= 11 is 0. The maximum Gasteiger partial charge on any atom is 0.123 e. The normalized spacial score (nSPS) is 27.4. The molecule has 0 spiro atoms. The van der Waals surface area contributed by atoms with Crippen molar-refractivity contribution in [1.29, 1.82) is 0 Å². The van der Waals surface area contributed by atoms with Gasteiger partial charge in [0.05, 0.1) is 6.10 Å². The van der Waals surface area contributed by atoms with Crippen LogP contribution in [0.5, 0.6) is 0 Å². The lowest BCUT2D eigenvalue weighted by Crippen LogP contribution is -2.56. The zero-order valence-corrected chi connectivity index (χ0v) is 14.4. The highest BCUT2D eigenvalue weighted by atomic mass is 19.1. The van der Waals surface area contributed by atoms with Crippen molar-refractivity contribution in [3.05, 3.63) is 71.5 Å². The van der Waals surface area contributed by atoms with Gasteiger partial charge < -0.3 is 5.11 Å². The number of aliphatic hydroxyl groups is 1. The van der Waals surface area contributed by atoms with E-state index in [9.17, 15) is 9.50 Å². The Morgan fingerprint density at radius 2 is 1.76 bits per heavy atom. The first-order chi connectivity index (χ1) is 12.2. The summed E-state index contributed by atoms with van der Waals surface area (Å²) in [5.74, 6) is -0.174. The first-order valence-corrected chi connectivity index (χ1v) is 9.12. The summed E-state index contributed by atoms with van der Waals surface area (Å²) in [4.78, 5) is 4.90. The zero-order valence-electron chi connectivity index (χ0n) is 14.4. The van der Waals surface area contributed by atoms with Gasteiger partial charge in [0.15, 0.2) is 0 Å². The molecule has 25 heavy (non-hydrogen) atoms. The van der Waals surface area contributed by atoms with Gasteiger partial charge in [0.2, 0.25) is 0 Å². The number of fused-ring (bicyclic) bond motifs is 1. The number of rotatable bonds is 4. The molecule has 2 heterocycles. The summed E-state index contributed by atoms with van der Waals surface area (Å²) in [7, 11) is 0. The van der Waals surface area contributed by atoms with Crippen LogP contribution in [0.3, 0.4) is 0 Å². The minimum absolute atomic E-state index is 0.174. The van der Waals surface area contributed by atoms with Crippen LogP contribution < -0.4 is 0 Å². The fourth-order valence-electron chi connectivity index (χ4n) is 4.32. The van der Waals surface area contributed by atoms with E-state index < -0.39 is 0 Å². The summed E-state index contributed by atoms with van der Waals surface area (Å²) in [6.45, 7) is 3.44. The molecule has 0 aromatic heterocycles. The fourth-order valence-corrected chi connectivity index (χ4v) is 4.32. The van der Waals surface area contributed by atoms with Gasteiger partial charge in [-0.1, -0.05) is 42.5 Å². The van der Waals surface area contributed by atoms with Crippen LogP contribution in [0.4, 0.5) is 4.39 Å². The van der Waals surface area contributed by atoms with E-state index in [1.54, 1.807) is 12.1 Å². The second-order valence-corrected chi connectivity index (χ2v) is 7.40. The van der Waals surface area contributed by atoms with Gasteiger partial charge in [0.1, 0.15) is 5.82 Å². The van der Waals surface area contributed by atoms with Crippen LogP contribution in [0.15, 0.2) is 54.6 Å². The van der Waals surface area contributed by atoms with Crippen LogP contribution in [-0.2, 0) is 13.0 Å². The molecule has 1 N–H and O–H groups in total. The van der Waals surface area contributed by atoms with Crippen molar-refractivity contribution in [2.24, 2.45) is 0 Å². The van der Waals surface area contributed by atoms with Gasteiger partial charge in [0, 0.05) is 38.3 Å². The number of hydrogen-bond donors (Lipinski definition) is 1. The van der Waals surface area contributed by atoms with E-state index in [4.69, 9.17) is 0 Å². The number of piperazine rings is 1. The lowest BCUT2D eigenvalue weighted by molar-refractivity contribution is 0.0444. The molecular formula is C21H25FN2O. The second kappa shape index (κ2) is 7.24. The zero-order chi connectivity index (χ0) is 17.2. The number of halogens is 1. The molecule has 0 radical (unpaired) electrons. The summed E-state index contributed by atoms with van der Waals surface area (Å²) in [6, 6.07) is 18.3. The lowest BCUT2D eigenvalue weighted by atomic mass is 9.99. The number of hydrogen-bond acceptors (Lipinski definition) is 3. The Kier molecular flexibility index (Phi) is 4.84. The highest BCUT2D eigenvalue weighted by Gasteiger charge is 2.39. The van der Waals surface area contributed by atoms with Gasteiger partial charge in [0.25, 0.3) is 0 Å². The van der Waals surface area contributed by atoms with Gasteiger partial charge >= 0.3 is 0 Å². The first-order valence-electron chi connectivity index (χ1n) is 9.12. The highest BCUT2D eigenvalue weighted by Crippen LogP contribution is 2.28. The molecule has 2 aliphatic rings. The van der Waals surface area contributed by atoms with Gasteiger partial charge in [-0.25, -0.2) is 4.39 Å². The van der Waals surface area contributed by atoms with Crippen molar-refractivity contribution in [2.45, 2.75) is 37.6 Å². The van der Waals surface area contributed by atoms with Crippen molar-refractivity contribution in [3.8, 4) is 0 Å². The standard InChI is InChI=1S/C21H25FN2O/c22-18-8-4-7-17(9-18)12-23-14-20-11-21(25)15-24(20)13-19(23)10-16-5-2-1-3-6-16/h1-9,19-21,25H,10-15H2/t19-,20-,21+/m0/s1. The molecule has 2 aromatic carbocycles. The van der Waals surface area contributed by atoms with E-state index in [1.165, 1.54) is 11.6 Å². The van der Waals surface area contributed by atoms with Crippen molar-refractivity contribution < 1.29 is 9.50 Å². The molecule has 0 unspecified atom stereocenters. The summed E-state index contributed by atoms with van der Waals surface area (Å²) in [5.41, 5.74) is 2.35. The largest absolute Gasteiger partial charge is 0.392 e. The fraction of sp³-hybridized carbons (Fsp3) is 0.429. The quantitative estimate of drug-likeness (QED) is 0.927. The van der Waals surface area contributed by atoms with E-state index in [-0.39, 0.29) is 11.9 Å². The predicted octanol–water partition coefficient (Wildman–Crippen LogP) is 2.69. The van der Waals surface area contributed by atoms with Crippen LogP contribution in [0, 0.1) is 5.82 Å². The molecule has 2 fully saturated rings. The van der Waals surface area contributed by atoms with Crippen LogP contribution >= 0.6 is 0 Å². The van der Waals surface area contributed by atoms with Crippen LogP contribution in [0.2, 0.25) is 0 Å². The maximum absolute atomic E-state index is 13.6. The summed E-state index contributed by atoms with van der Waals surface area (Å²) in [6.07, 6.45) is 1.61. The SMILES string of the molecule is O[C@@H]1C[C@H]2CN(Cc3cccc(F)c3)[C@@H](Cc3ccccc3)CN2C1. The van der Waals surface area contributed by atoms with Crippen molar-refractivity contribution >= 4 is 0 Å². The Morgan fingerprint density at radius 3 is 2.56 bits per heavy atom. The van der Waals surface area contributed by atoms with Crippen LogP contribution in [0.25, 0.3) is 0 Å². The van der Waals surface area contributed by atoms with Crippen LogP contribution in [-0.4, -0.2) is 52.7 Å². The molecule has 132 valence electrons. The van der Waals surface area contributed by atoms with E-state index in [2.05, 4.69) is 34.1 Å². The molecule has 0 amide bonds. The Bertz CT molecular complexity index is 708. The molecule has 2 saturated heterocycles. The molecule has 0 aliphatic carbocycles. The molecule has 0 bridgehead atoms. The minimum atomic E-state index is -0.212. The van der Waals surface area contributed by atoms with Gasteiger partial charge in [-0.3, -0.25) is 9.80 Å². The number of nitrogens with zero attached hydrogens (tertiary/aromatic N) is 2. The molecular weight excluding hydrogens is 315 g/mol. The molecule has 2 aliphatic heterocycles. The van der Waals surface area contributed by atoms with Gasteiger partial charge in [-0.2, -0.15) is 0 Å². The molecule has 0 saturated carbocycles. The molecule has 2 aromatic rings. The van der Waals surface area contributed by atoms with Crippen molar-refractivity contribution in [3.63, 3.8) is 0 Å². The van der Waals surface area contributed by atoms with Crippen molar-refractivity contribution in [2.75, 3.05) is 19.6 Å². The second-order valence-electron chi connectivity index (χ2n) is 7.40. The summed E-state index contributed by atoms with van der Waals surface area (Å²) < 4.78 is 13.6. The highest BCUT2D eigenvalue weighted by molar-refractivity contribution is 5.19. The lowest BCUT2D eigenvalue weighted by Gasteiger charge is -2.43. The number of aliphatic hydroxyl groups excluding tert-OH is 1. The summed E-state index contributed by atoms with van der Waals surface area (Å²) in [5, 5.41) is 10.0.